The highest BCUT2D eigenvalue weighted by molar-refractivity contribution is 7.27. The standard InChI is InChI=1S/C88H49N7S3/c1-89-67-50-66(88-91-86(53-26-10-4-11-27-53)90-87(92-88)54-28-12-5-13-29-54)80(93-69-43-38-55(51-22-6-2-7-23-51)48-64(69)78-72(93)46-41-61-58-31-16-20-36-75(58)97-84(61)78)82(95-68-34-18-14-33-63(68)77-71(95)45-40-60-57-30-15-19-35-74(57)96-83(60)77)81(67)94-70-44-39-56(52-24-8-3-9-25-52)49-65(70)79-73(94)47-42-62-59-32-17-21-37-76(59)98-85(62)79/h2-50H. The van der Waals surface area contributed by atoms with Crippen molar-refractivity contribution in [2.75, 3.05) is 0 Å². The fourth-order valence-electron chi connectivity index (χ4n) is 15.6. The van der Waals surface area contributed by atoms with Gasteiger partial charge in [-0.3, -0.25) is 0 Å². The molecule has 0 aliphatic carbocycles. The van der Waals surface area contributed by atoms with Crippen LogP contribution in [-0.2, 0) is 0 Å². The van der Waals surface area contributed by atoms with Gasteiger partial charge in [0.25, 0.3) is 0 Å². The summed E-state index contributed by atoms with van der Waals surface area (Å²) in [5, 5.41) is 14.0. The van der Waals surface area contributed by atoms with Crippen LogP contribution in [0.1, 0.15) is 0 Å². The maximum absolute atomic E-state index is 9.99. The van der Waals surface area contributed by atoms with Crippen molar-refractivity contribution in [1.29, 1.82) is 0 Å². The van der Waals surface area contributed by atoms with Crippen molar-refractivity contribution < 1.29 is 0 Å². The lowest BCUT2D eigenvalue weighted by molar-refractivity contribution is 1.04. The Bertz CT molecular complexity index is 6930. The van der Waals surface area contributed by atoms with Crippen LogP contribution >= 0.6 is 34.0 Å². The Hall–Kier alpha value is -12.4. The van der Waals surface area contributed by atoms with Gasteiger partial charge in [0.1, 0.15) is 0 Å². The second kappa shape index (κ2) is 21.3. The van der Waals surface area contributed by atoms with Gasteiger partial charge in [0.15, 0.2) is 17.5 Å². The number of thiophene rings is 3. The molecule has 0 radical (unpaired) electrons. The summed E-state index contributed by atoms with van der Waals surface area (Å²) in [5.74, 6) is 1.47. The summed E-state index contributed by atoms with van der Waals surface area (Å²) < 4.78 is 14.7. The molecule has 0 saturated heterocycles. The van der Waals surface area contributed by atoms with Crippen molar-refractivity contribution in [1.82, 2.24) is 28.7 Å². The minimum atomic E-state index is 0.428. The molecule has 0 atom stereocenters. The molecule has 7 nitrogen and oxygen atoms in total. The molecule has 14 aromatic carbocycles. The van der Waals surface area contributed by atoms with Gasteiger partial charge in [0, 0.05) is 110 Å². The van der Waals surface area contributed by atoms with Crippen LogP contribution in [0.15, 0.2) is 297 Å². The van der Waals surface area contributed by atoms with E-state index in [1.165, 1.54) is 60.5 Å². The summed E-state index contributed by atoms with van der Waals surface area (Å²) in [5.41, 5.74) is 15.5. The molecule has 0 aliphatic heterocycles. The number of para-hydroxylation sites is 1. The van der Waals surface area contributed by atoms with Crippen LogP contribution in [0.5, 0.6) is 0 Å². The molecular weight excluding hydrogens is 1250 g/mol. The van der Waals surface area contributed by atoms with E-state index in [4.69, 9.17) is 19.8 Å². The van der Waals surface area contributed by atoms with E-state index in [1.807, 2.05) is 70.4 Å². The largest absolute Gasteiger partial charge is 0.317 e. The van der Waals surface area contributed by atoms with Gasteiger partial charge in [-0.2, -0.15) is 0 Å². The van der Waals surface area contributed by atoms with Crippen molar-refractivity contribution in [3.8, 4) is 73.5 Å². The van der Waals surface area contributed by atoms with Crippen LogP contribution in [0.2, 0.25) is 0 Å². The number of aromatic nitrogens is 6. The average molecular weight is 1300 g/mol. The summed E-state index contributed by atoms with van der Waals surface area (Å²) in [6.45, 7) is 9.99. The van der Waals surface area contributed by atoms with Crippen LogP contribution in [0.25, 0.3) is 204 Å². The van der Waals surface area contributed by atoms with Gasteiger partial charge >= 0.3 is 0 Å². The Morgan fingerprint density at radius 3 is 1.05 bits per heavy atom. The molecule has 0 N–H and O–H groups in total. The minimum Gasteiger partial charge on any atom is -0.317 e. The fraction of sp³-hybridized carbons (Fsp3) is 0. The summed E-state index contributed by atoms with van der Waals surface area (Å²) >= 11 is 5.52. The second-order valence-corrected chi connectivity index (χ2v) is 28.3. The topological polar surface area (TPSA) is 57.8 Å². The van der Waals surface area contributed by atoms with E-state index >= 15 is 0 Å². The Morgan fingerprint density at radius 1 is 0.255 bits per heavy atom. The van der Waals surface area contributed by atoms with E-state index in [2.05, 4.69) is 275 Å². The van der Waals surface area contributed by atoms with Gasteiger partial charge in [-0.25, -0.2) is 19.8 Å². The number of nitrogens with zero attached hydrogens (tertiary/aromatic N) is 7. The molecule has 0 aliphatic rings. The predicted octanol–water partition coefficient (Wildman–Crippen LogP) is 25.2. The minimum absolute atomic E-state index is 0.428. The third kappa shape index (κ3) is 8.03. The number of fused-ring (bicyclic) bond motifs is 21. The molecule has 0 unspecified atom stereocenters. The number of benzene rings is 14. The van der Waals surface area contributed by atoms with Crippen molar-refractivity contribution in [3.63, 3.8) is 0 Å². The molecule has 0 saturated carbocycles. The van der Waals surface area contributed by atoms with Crippen molar-refractivity contribution >= 4 is 166 Å². The quantitative estimate of drug-likeness (QED) is 0.142. The Labute approximate surface area is 572 Å². The van der Waals surface area contributed by atoms with Crippen LogP contribution < -0.4 is 0 Å². The summed E-state index contributed by atoms with van der Waals surface area (Å²) in [6.07, 6.45) is 0. The van der Waals surface area contributed by atoms with Gasteiger partial charge < -0.3 is 13.7 Å². The van der Waals surface area contributed by atoms with Crippen LogP contribution in [-0.4, -0.2) is 28.7 Å². The van der Waals surface area contributed by atoms with E-state index in [0.717, 1.165) is 116 Å². The van der Waals surface area contributed by atoms with Gasteiger partial charge in [-0.05, 0) is 95.1 Å². The zero-order valence-electron chi connectivity index (χ0n) is 52.1. The first-order chi connectivity index (χ1) is 48.6. The van der Waals surface area contributed by atoms with Crippen LogP contribution in [0.3, 0.4) is 0 Å². The van der Waals surface area contributed by atoms with E-state index < -0.39 is 0 Å². The smallest absolute Gasteiger partial charge is 0.213 e. The fourth-order valence-corrected chi connectivity index (χ4v) is 19.4. The molecule has 7 aromatic heterocycles. The first-order valence-corrected chi connectivity index (χ1v) is 35.2. The Kier molecular flexibility index (Phi) is 12.0. The summed E-state index contributed by atoms with van der Waals surface area (Å²) in [7, 11) is 0. The lowest BCUT2D eigenvalue weighted by atomic mass is 10.0. The van der Waals surface area contributed by atoms with Gasteiger partial charge in [0.05, 0.1) is 56.7 Å². The molecule has 0 spiro atoms. The van der Waals surface area contributed by atoms with Crippen LogP contribution in [0, 0.1) is 6.57 Å². The van der Waals surface area contributed by atoms with Gasteiger partial charge in [-0.1, -0.05) is 224 Å². The highest BCUT2D eigenvalue weighted by Crippen LogP contribution is 2.54. The third-order valence-electron chi connectivity index (χ3n) is 19.9. The van der Waals surface area contributed by atoms with E-state index in [-0.39, 0.29) is 0 Å². The van der Waals surface area contributed by atoms with Gasteiger partial charge in [-0.15, -0.1) is 34.0 Å². The maximum Gasteiger partial charge on any atom is 0.213 e. The van der Waals surface area contributed by atoms with E-state index in [9.17, 15) is 6.57 Å². The van der Waals surface area contributed by atoms with Crippen LogP contribution in [0.4, 0.5) is 5.69 Å². The number of hydrogen-bond donors (Lipinski definition) is 0. The molecule has 21 aromatic rings. The summed E-state index contributed by atoms with van der Waals surface area (Å²) in [4.78, 5) is 21.6. The monoisotopic (exact) mass is 1300 g/mol. The predicted molar refractivity (Wildman–Crippen MR) is 415 cm³/mol. The first kappa shape index (κ1) is 55.0. The highest BCUT2D eigenvalue weighted by Gasteiger charge is 2.33. The second-order valence-electron chi connectivity index (χ2n) is 25.2. The number of rotatable bonds is 8. The molecule has 10 heteroatoms. The SMILES string of the molecule is [C-]#[N+]c1cc(-c2nc(-c3ccccc3)nc(-c3ccccc3)n2)c(-n2c3ccc(-c4ccccc4)cc3c3c4sc5ccccc5c4ccc32)c(-n2c3ccccc3c3c4sc5ccccc5c4ccc32)c1-n1c2ccc(-c3ccccc3)cc2c2c3sc4ccccc4c3ccc21. The van der Waals surface area contributed by atoms with E-state index in [0.29, 0.717) is 28.7 Å². The lowest BCUT2D eigenvalue weighted by Crippen LogP contribution is -2.12. The summed E-state index contributed by atoms with van der Waals surface area (Å²) in [6, 6.07) is 107. The molecule has 0 bridgehead atoms. The molecular formula is C88H49N7S3. The Balaban J connectivity index is 1.02. The van der Waals surface area contributed by atoms with Crippen molar-refractivity contribution in [2.45, 2.75) is 0 Å². The normalized spacial score (nSPS) is 12.1. The third-order valence-corrected chi connectivity index (χ3v) is 23.5. The molecule has 98 heavy (non-hydrogen) atoms. The number of hydrogen-bond acceptors (Lipinski definition) is 6. The molecule has 0 fully saturated rings. The average Bonchev–Trinajstić information content (AvgIpc) is 1.51. The molecule has 21 rings (SSSR count). The van der Waals surface area contributed by atoms with Crippen molar-refractivity contribution in [2.24, 2.45) is 0 Å². The molecule has 454 valence electrons. The van der Waals surface area contributed by atoms with Crippen molar-refractivity contribution in [3.05, 3.63) is 309 Å². The van der Waals surface area contributed by atoms with Gasteiger partial charge in [0.2, 0.25) is 5.69 Å². The highest BCUT2D eigenvalue weighted by atomic mass is 32.1. The molecule has 0 amide bonds. The Morgan fingerprint density at radius 2 is 0.602 bits per heavy atom. The maximum atomic E-state index is 9.99. The lowest BCUT2D eigenvalue weighted by Gasteiger charge is -2.26. The molecule has 7 heterocycles. The first-order valence-electron chi connectivity index (χ1n) is 32.8. The zero-order valence-corrected chi connectivity index (χ0v) is 54.6. The van der Waals surface area contributed by atoms with E-state index in [1.54, 1.807) is 0 Å². The zero-order chi connectivity index (χ0) is 64.3.